The highest BCUT2D eigenvalue weighted by Crippen LogP contribution is 2.39. The van der Waals surface area contributed by atoms with Gasteiger partial charge in [-0.15, -0.1) is 0 Å². The van der Waals surface area contributed by atoms with E-state index in [1.807, 2.05) is 50.2 Å². The molecule has 0 aromatic heterocycles. The third kappa shape index (κ3) is 10.2. The first-order valence-electron chi connectivity index (χ1n) is 21.2. The van der Waals surface area contributed by atoms with Gasteiger partial charge >= 0.3 is 0 Å². The van der Waals surface area contributed by atoms with Gasteiger partial charge in [0.2, 0.25) is 0 Å². The maximum atomic E-state index is 10.5. The average Bonchev–Trinajstić information content (AvgIpc) is 3.28. The fourth-order valence-corrected chi connectivity index (χ4v) is 7.03. The van der Waals surface area contributed by atoms with Crippen LogP contribution in [0.3, 0.4) is 0 Å². The molecule has 60 heavy (non-hydrogen) atoms. The Morgan fingerprint density at radius 3 is 1.32 bits per heavy atom. The molecule has 312 valence electrons. The molecule has 7 nitrogen and oxygen atoms in total. The molecule has 7 heteroatoms. The lowest BCUT2D eigenvalue weighted by molar-refractivity contribution is -0.133. The van der Waals surface area contributed by atoms with E-state index in [4.69, 9.17) is 18.9 Å². The number of rotatable bonds is 19. The Labute approximate surface area is 356 Å². The van der Waals surface area contributed by atoms with Crippen molar-refractivity contribution >= 4 is 17.1 Å². The summed E-state index contributed by atoms with van der Waals surface area (Å²) >= 11 is 0. The van der Waals surface area contributed by atoms with Crippen molar-refractivity contribution in [3.63, 3.8) is 0 Å². The number of nitrogens with zero attached hydrogens (tertiary/aromatic N) is 1. The van der Waals surface area contributed by atoms with Crippen LogP contribution in [0, 0.1) is 10.8 Å². The van der Waals surface area contributed by atoms with E-state index < -0.39 is 5.60 Å². The maximum Gasteiger partial charge on any atom is 0.120 e. The Hall–Kier alpha value is -5.60. The van der Waals surface area contributed by atoms with Gasteiger partial charge in [-0.3, -0.25) is 0 Å². The molecule has 1 fully saturated rings. The Morgan fingerprint density at radius 2 is 0.967 bits per heavy atom. The second kappa shape index (κ2) is 18.8. The summed E-state index contributed by atoms with van der Waals surface area (Å²) in [5.41, 5.74) is 8.46. The number of benzene rings is 6. The van der Waals surface area contributed by atoms with E-state index in [0.717, 1.165) is 93.7 Å². The predicted octanol–water partition coefficient (Wildman–Crippen LogP) is 12.3. The summed E-state index contributed by atoms with van der Waals surface area (Å²) in [5, 5.41) is 20.4. The number of aliphatic hydroxyl groups excluding tert-OH is 1. The third-order valence-electron chi connectivity index (χ3n) is 12.1. The molecule has 6 aromatic carbocycles. The molecule has 0 spiro atoms. The van der Waals surface area contributed by atoms with Crippen molar-refractivity contribution in [1.82, 2.24) is 0 Å². The Kier molecular flexibility index (Phi) is 13.3. The van der Waals surface area contributed by atoms with Crippen LogP contribution in [0.15, 0.2) is 146 Å². The number of hydrogen-bond acceptors (Lipinski definition) is 7. The minimum absolute atomic E-state index is 0.0805. The van der Waals surface area contributed by atoms with E-state index in [0.29, 0.717) is 19.6 Å². The zero-order valence-corrected chi connectivity index (χ0v) is 35.7. The van der Waals surface area contributed by atoms with Gasteiger partial charge in [-0.1, -0.05) is 100 Å². The zero-order valence-electron chi connectivity index (χ0n) is 35.7. The normalized spacial score (nSPS) is 15.2. The molecule has 2 atom stereocenters. The molecular formula is C53H59NO6. The van der Waals surface area contributed by atoms with E-state index in [1.54, 1.807) is 6.92 Å². The first-order chi connectivity index (χ1) is 29.0. The van der Waals surface area contributed by atoms with Crippen LogP contribution in [0.25, 0.3) is 33.4 Å². The quantitative estimate of drug-likeness (QED) is 0.0844. The first kappa shape index (κ1) is 42.5. The molecular weight excluding hydrogens is 747 g/mol. The zero-order chi connectivity index (χ0) is 42.2. The monoisotopic (exact) mass is 805 g/mol. The molecule has 0 radical (unpaired) electrons. The highest BCUT2D eigenvalue weighted by molar-refractivity contribution is 5.81. The minimum atomic E-state index is -0.879. The molecule has 2 N–H and O–H groups in total. The molecule has 0 amide bonds. The largest absolute Gasteiger partial charge is 0.493 e. The second-order valence-electron chi connectivity index (χ2n) is 16.9. The summed E-state index contributed by atoms with van der Waals surface area (Å²) in [6.07, 6.45) is 2.48. The van der Waals surface area contributed by atoms with Crippen LogP contribution < -0.4 is 19.1 Å². The SMILES string of the molecule is CCC(C)(O)COc1cccc(-c2ccc(N(c3ccc(-c4cccc(OCC(C)(CC)CO)c4)cc3)c3ccc(-c4cccc(OCC5(CC)COC5)c4)cc3)cc2)c1. The molecule has 6 aromatic rings. The molecule has 2 unspecified atom stereocenters. The van der Waals surface area contributed by atoms with E-state index in [9.17, 15) is 10.2 Å². The highest BCUT2D eigenvalue weighted by Gasteiger charge is 2.37. The van der Waals surface area contributed by atoms with Gasteiger partial charge in [-0.05, 0) is 132 Å². The summed E-state index contributed by atoms with van der Waals surface area (Å²) in [5.74, 6) is 2.37. The van der Waals surface area contributed by atoms with Crippen molar-refractivity contribution in [3.8, 4) is 50.6 Å². The van der Waals surface area contributed by atoms with Gasteiger partial charge in [0, 0.05) is 22.5 Å². The van der Waals surface area contributed by atoms with E-state index in [2.05, 4.69) is 128 Å². The van der Waals surface area contributed by atoms with Gasteiger partial charge in [0.1, 0.15) is 23.9 Å². The Balaban J connectivity index is 1.16. The smallest absolute Gasteiger partial charge is 0.120 e. The lowest BCUT2D eigenvalue weighted by atomic mass is 9.84. The summed E-state index contributed by atoms with van der Waals surface area (Å²) < 4.78 is 23.9. The standard InChI is InChI=1S/C53H59NO6/c1-6-51(4,33-55)34-58-48-15-9-12-42(30-48)39-18-24-45(25-19-39)54(46-26-20-40(21-27-46)43-13-10-16-49(31-43)59-35-52(5,56)7-2)47-28-22-41(23-29-47)44-14-11-17-50(32-44)60-38-53(8-3)36-57-37-53/h9-32,55-56H,6-8,33-38H2,1-5H3. The van der Waals surface area contributed by atoms with Crippen molar-refractivity contribution in [2.75, 3.05) is 44.5 Å². The molecule has 1 aliphatic heterocycles. The molecule has 1 saturated heterocycles. The van der Waals surface area contributed by atoms with Crippen LogP contribution in [-0.4, -0.2) is 55.5 Å². The maximum absolute atomic E-state index is 10.5. The third-order valence-corrected chi connectivity index (χ3v) is 12.1. The number of hydrogen-bond donors (Lipinski definition) is 2. The summed E-state index contributed by atoms with van der Waals surface area (Å²) in [6.45, 7) is 13.0. The van der Waals surface area contributed by atoms with Crippen molar-refractivity contribution < 1.29 is 29.2 Å². The van der Waals surface area contributed by atoms with E-state index >= 15 is 0 Å². The lowest BCUT2D eigenvalue weighted by Crippen LogP contribution is -2.46. The topological polar surface area (TPSA) is 80.6 Å². The first-order valence-corrected chi connectivity index (χ1v) is 21.2. The van der Waals surface area contributed by atoms with Crippen molar-refractivity contribution in [2.24, 2.45) is 10.8 Å². The van der Waals surface area contributed by atoms with Crippen LogP contribution in [0.4, 0.5) is 17.1 Å². The number of aliphatic hydroxyl groups is 2. The average molecular weight is 806 g/mol. The minimum Gasteiger partial charge on any atom is -0.493 e. The van der Waals surface area contributed by atoms with Crippen molar-refractivity contribution in [2.45, 2.75) is 59.5 Å². The number of anilines is 3. The summed E-state index contributed by atoms with van der Waals surface area (Å²) in [7, 11) is 0. The van der Waals surface area contributed by atoms with Gasteiger partial charge in [-0.2, -0.15) is 0 Å². The fraction of sp³-hybridized carbons (Fsp3) is 0.321. The molecule has 0 saturated carbocycles. The van der Waals surface area contributed by atoms with E-state index in [1.165, 1.54) is 0 Å². The second-order valence-corrected chi connectivity index (χ2v) is 16.9. The molecule has 0 bridgehead atoms. The van der Waals surface area contributed by atoms with Gasteiger partial charge in [-0.25, -0.2) is 0 Å². The van der Waals surface area contributed by atoms with Gasteiger partial charge in [0.25, 0.3) is 0 Å². The summed E-state index contributed by atoms with van der Waals surface area (Å²) in [6, 6.07) is 50.4. The Morgan fingerprint density at radius 1 is 0.550 bits per heavy atom. The predicted molar refractivity (Wildman–Crippen MR) is 244 cm³/mol. The molecule has 1 heterocycles. The van der Waals surface area contributed by atoms with Crippen LogP contribution in [0.1, 0.15) is 53.9 Å². The Bertz CT molecular complexity index is 2180. The van der Waals surface area contributed by atoms with Gasteiger partial charge in [0.05, 0.1) is 44.1 Å². The van der Waals surface area contributed by atoms with Crippen LogP contribution in [0.2, 0.25) is 0 Å². The van der Waals surface area contributed by atoms with E-state index in [-0.39, 0.29) is 24.0 Å². The molecule has 7 rings (SSSR count). The summed E-state index contributed by atoms with van der Waals surface area (Å²) in [4.78, 5) is 2.27. The van der Waals surface area contributed by atoms with Crippen LogP contribution in [0.5, 0.6) is 17.2 Å². The van der Waals surface area contributed by atoms with Crippen LogP contribution >= 0.6 is 0 Å². The molecule has 0 aliphatic carbocycles. The highest BCUT2D eigenvalue weighted by atomic mass is 16.5. The molecule has 1 aliphatic rings. The fourth-order valence-electron chi connectivity index (χ4n) is 7.03. The van der Waals surface area contributed by atoms with Crippen molar-refractivity contribution in [3.05, 3.63) is 146 Å². The van der Waals surface area contributed by atoms with Crippen LogP contribution in [-0.2, 0) is 4.74 Å². The van der Waals surface area contributed by atoms with Gasteiger partial charge in [0.15, 0.2) is 0 Å². The number of ether oxygens (including phenoxy) is 4. The van der Waals surface area contributed by atoms with Gasteiger partial charge < -0.3 is 34.1 Å². The lowest BCUT2D eigenvalue weighted by Gasteiger charge is -2.40. The van der Waals surface area contributed by atoms with Crippen molar-refractivity contribution in [1.29, 1.82) is 0 Å².